The highest BCUT2D eigenvalue weighted by molar-refractivity contribution is 8.00. The van der Waals surface area contributed by atoms with E-state index in [4.69, 9.17) is 11.6 Å². The van der Waals surface area contributed by atoms with Crippen molar-refractivity contribution in [1.29, 1.82) is 0 Å². The second kappa shape index (κ2) is 11.9. The number of hydrogen-bond acceptors (Lipinski definition) is 6. The van der Waals surface area contributed by atoms with Gasteiger partial charge < -0.3 is 10.2 Å². The number of thiazole rings is 1. The van der Waals surface area contributed by atoms with E-state index in [9.17, 15) is 9.59 Å². The normalized spacial score (nSPS) is 13.9. The Labute approximate surface area is 229 Å². The zero-order valence-electron chi connectivity index (χ0n) is 20.0. The van der Waals surface area contributed by atoms with Gasteiger partial charge in [0.05, 0.1) is 10.8 Å². The van der Waals surface area contributed by atoms with Crippen LogP contribution < -0.4 is 5.32 Å². The molecule has 0 spiro atoms. The van der Waals surface area contributed by atoms with Gasteiger partial charge in [-0.15, -0.1) is 23.1 Å². The summed E-state index contributed by atoms with van der Waals surface area (Å²) in [5.41, 5.74) is 3.03. The summed E-state index contributed by atoms with van der Waals surface area (Å²) in [6.45, 7) is 1.41. The quantitative estimate of drug-likeness (QED) is 0.263. The minimum Gasteiger partial charge on any atom is -0.342 e. The van der Waals surface area contributed by atoms with Gasteiger partial charge in [0.15, 0.2) is 0 Å². The van der Waals surface area contributed by atoms with Crippen LogP contribution in [0.2, 0.25) is 5.02 Å². The Hall–Kier alpha value is -3.20. The number of amides is 2. The first-order valence-electron chi connectivity index (χ1n) is 12.0. The highest BCUT2D eigenvalue weighted by atomic mass is 35.5. The Morgan fingerprint density at radius 2 is 1.76 bits per heavy atom. The lowest BCUT2D eigenvalue weighted by molar-refractivity contribution is -0.129. The van der Waals surface area contributed by atoms with Crippen LogP contribution in [-0.2, 0) is 4.79 Å². The Morgan fingerprint density at radius 1 is 1.03 bits per heavy atom. The largest absolute Gasteiger partial charge is 0.342 e. The minimum atomic E-state index is -0.232. The van der Waals surface area contributed by atoms with Crippen LogP contribution in [0.3, 0.4) is 0 Å². The van der Waals surface area contributed by atoms with Gasteiger partial charge in [0.2, 0.25) is 5.91 Å². The summed E-state index contributed by atoms with van der Waals surface area (Å²) in [5, 5.41) is 6.46. The molecule has 0 radical (unpaired) electrons. The topological polar surface area (TPSA) is 75.2 Å². The number of aromatic nitrogens is 2. The van der Waals surface area contributed by atoms with Crippen molar-refractivity contribution < 1.29 is 9.59 Å². The van der Waals surface area contributed by atoms with Crippen LogP contribution in [0.25, 0.3) is 11.1 Å². The molecule has 1 aliphatic rings. The van der Waals surface area contributed by atoms with Gasteiger partial charge in [0, 0.05) is 58.0 Å². The summed E-state index contributed by atoms with van der Waals surface area (Å²) in [6, 6.07) is 19.0. The summed E-state index contributed by atoms with van der Waals surface area (Å²) >= 11 is 9.08. The first kappa shape index (κ1) is 25.4. The van der Waals surface area contributed by atoms with E-state index >= 15 is 0 Å². The number of thioether (sulfide) groups is 1. The third kappa shape index (κ3) is 6.39. The number of anilines is 1. The average molecular weight is 549 g/mol. The summed E-state index contributed by atoms with van der Waals surface area (Å²) < 4.78 is 0. The van der Waals surface area contributed by atoms with E-state index < -0.39 is 0 Å². The predicted octanol–water partition coefficient (Wildman–Crippen LogP) is 6.61. The van der Waals surface area contributed by atoms with Gasteiger partial charge in [-0.2, -0.15) is 0 Å². The molecule has 2 amide bonds. The Balaban J connectivity index is 1.17. The standard InChI is InChI=1S/C28H25ClN4O2S2/c29-21-7-5-19(6-8-21)23-3-1-2-4-24(23)31-27(35)25-17-37-28(32-25)20-11-15-33(16-12-20)26(34)18-36-22-9-13-30-14-10-22/h1-10,13-14,17,20H,11-12,15-16,18H2,(H,31,35). The van der Waals surface area contributed by atoms with E-state index in [-0.39, 0.29) is 17.7 Å². The lowest BCUT2D eigenvalue weighted by Crippen LogP contribution is -2.38. The van der Waals surface area contributed by atoms with Crippen molar-refractivity contribution in [2.75, 3.05) is 24.2 Å². The van der Waals surface area contributed by atoms with E-state index in [0.717, 1.165) is 39.6 Å². The number of pyridine rings is 1. The van der Waals surface area contributed by atoms with Crippen molar-refractivity contribution in [3.05, 3.63) is 94.2 Å². The molecule has 2 aromatic heterocycles. The fraction of sp³-hybridized carbons (Fsp3) is 0.214. The number of hydrogen-bond donors (Lipinski definition) is 1. The van der Waals surface area contributed by atoms with Gasteiger partial charge in [-0.1, -0.05) is 41.9 Å². The van der Waals surface area contributed by atoms with Crippen LogP contribution in [0.4, 0.5) is 5.69 Å². The minimum absolute atomic E-state index is 0.152. The Kier molecular flexibility index (Phi) is 8.18. The van der Waals surface area contributed by atoms with Crippen molar-refractivity contribution in [3.8, 4) is 11.1 Å². The monoisotopic (exact) mass is 548 g/mol. The maximum atomic E-state index is 13.0. The molecule has 4 aromatic rings. The number of para-hydroxylation sites is 1. The summed E-state index contributed by atoms with van der Waals surface area (Å²) in [5.74, 6) is 0.599. The molecule has 1 N–H and O–H groups in total. The van der Waals surface area contributed by atoms with E-state index in [1.165, 1.54) is 23.1 Å². The third-order valence-electron chi connectivity index (χ3n) is 6.29. The maximum absolute atomic E-state index is 13.0. The van der Waals surface area contributed by atoms with E-state index in [1.807, 2.05) is 70.9 Å². The smallest absolute Gasteiger partial charge is 0.275 e. The fourth-order valence-corrected chi connectivity index (χ4v) is 6.17. The van der Waals surface area contributed by atoms with Crippen molar-refractivity contribution >= 4 is 52.2 Å². The number of piperidine rings is 1. The van der Waals surface area contributed by atoms with Gasteiger partial charge in [-0.25, -0.2) is 4.98 Å². The molecule has 0 saturated carbocycles. The maximum Gasteiger partial charge on any atom is 0.275 e. The number of benzene rings is 2. The van der Waals surface area contributed by atoms with Gasteiger partial charge >= 0.3 is 0 Å². The number of likely N-dealkylation sites (tertiary alicyclic amines) is 1. The van der Waals surface area contributed by atoms with Crippen molar-refractivity contribution in [2.45, 2.75) is 23.7 Å². The molecular formula is C28H25ClN4O2S2. The molecule has 37 heavy (non-hydrogen) atoms. The third-order valence-corrected chi connectivity index (χ3v) is 8.55. The fourth-order valence-electron chi connectivity index (χ4n) is 4.29. The molecule has 3 heterocycles. The molecule has 0 unspecified atom stereocenters. The lowest BCUT2D eigenvalue weighted by atomic mass is 9.97. The number of carbonyl (C=O) groups is 2. The number of halogens is 1. The second-order valence-electron chi connectivity index (χ2n) is 8.70. The molecule has 9 heteroatoms. The molecule has 0 aliphatic carbocycles. The molecule has 1 saturated heterocycles. The van der Waals surface area contributed by atoms with Gasteiger partial charge in [-0.05, 0) is 48.7 Å². The van der Waals surface area contributed by atoms with Crippen LogP contribution in [0.15, 0.2) is 83.3 Å². The molecule has 5 rings (SSSR count). The first-order chi connectivity index (χ1) is 18.1. The van der Waals surface area contributed by atoms with E-state index in [0.29, 0.717) is 29.6 Å². The molecule has 6 nitrogen and oxygen atoms in total. The molecule has 0 atom stereocenters. The van der Waals surface area contributed by atoms with Crippen LogP contribution in [0, 0.1) is 0 Å². The van der Waals surface area contributed by atoms with Crippen LogP contribution in [0.1, 0.15) is 34.3 Å². The molecule has 1 aliphatic heterocycles. The molecule has 0 bridgehead atoms. The zero-order valence-corrected chi connectivity index (χ0v) is 22.4. The highest BCUT2D eigenvalue weighted by Gasteiger charge is 2.26. The number of carbonyl (C=O) groups excluding carboxylic acids is 2. The predicted molar refractivity (Wildman–Crippen MR) is 150 cm³/mol. The van der Waals surface area contributed by atoms with Gasteiger partial charge in [0.1, 0.15) is 5.69 Å². The average Bonchev–Trinajstić information content (AvgIpc) is 3.44. The molecular weight excluding hydrogens is 524 g/mol. The van der Waals surface area contributed by atoms with E-state index in [2.05, 4.69) is 15.3 Å². The Bertz CT molecular complexity index is 1370. The van der Waals surface area contributed by atoms with Crippen LogP contribution in [-0.4, -0.2) is 45.5 Å². The summed E-state index contributed by atoms with van der Waals surface area (Å²) in [4.78, 5) is 37.3. The lowest BCUT2D eigenvalue weighted by Gasteiger charge is -2.31. The summed E-state index contributed by atoms with van der Waals surface area (Å²) in [6.07, 6.45) is 5.16. The van der Waals surface area contributed by atoms with Crippen LogP contribution in [0.5, 0.6) is 0 Å². The molecule has 1 fully saturated rings. The van der Waals surface area contributed by atoms with E-state index in [1.54, 1.807) is 12.4 Å². The van der Waals surface area contributed by atoms with Gasteiger partial charge in [0.25, 0.3) is 5.91 Å². The summed E-state index contributed by atoms with van der Waals surface area (Å²) in [7, 11) is 0. The molecule has 2 aromatic carbocycles. The first-order valence-corrected chi connectivity index (χ1v) is 14.2. The number of nitrogens with zero attached hydrogens (tertiary/aromatic N) is 3. The molecule has 188 valence electrons. The second-order valence-corrected chi connectivity index (χ2v) is 11.1. The Morgan fingerprint density at radius 3 is 2.51 bits per heavy atom. The SMILES string of the molecule is O=C(Nc1ccccc1-c1ccc(Cl)cc1)c1csc(C2CCN(C(=O)CSc3ccncc3)CC2)n1. The zero-order chi connectivity index (χ0) is 25.6. The highest BCUT2D eigenvalue weighted by Crippen LogP contribution is 2.32. The van der Waals surface area contributed by atoms with Gasteiger partial charge in [-0.3, -0.25) is 14.6 Å². The van der Waals surface area contributed by atoms with Crippen molar-refractivity contribution in [3.63, 3.8) is 0 Å². The van der Waals surface area contributed by atoms with Crippen molar-refractivity contribution in [1.82, 2.24) is 14.9 Å². The number of nitrogens with one attached hydrogen (secondary N) is 1. The van der Waals surface area contributed by atoms with Crippen molar-refractivity contribution in [2.24, 2.45) is 0 Å². The number of rotatable bonds is 7. The van der Waals surface area contributed by atoms with Crippen LogP contribution >= 0.6 is 34.7 Å².